The van der Waals surface area contributed by atoms with E-state index in [0.717, 1.165) is 22.2 Å². The molecule has 0 fully saturated rings. The third-order valence-electron chi connectivity index (χ3n) is 2.23. The van der Waals surface area contributed by atoms with Crippen molar-refractivity contribution in [1.29, 1.82) is 0 Å². The molecule has 2 aromatic heterocycles. The Bertz CT molecular complexity index is 473. The lowest BCUT2D eigenvalue weighted by Crippen LogP contribution is -2.05. The van der Waals surface area contributed by atoms with Crippen molar-refractivity contribution in [3.63, 3.8) is 0 Å². The highest BCUT2D eigenvalue weighted by Crippen LogP contribution is 2.12. The van der Waals surface area contributed by atoms with Gasteiger partial charge in [0.15, 0.2) is 0 Å². The Morgan fingerprint density at radius 3 is 2.94 bits per heavy atom. The summed E-state index contributed by atoms with van der Waals surface area (Å²) in [5.41, 5.74) is 7.53. The SMILES string of the molecule is Cc1cc(NCc2csc(CN)n2)n(C)n1. The van der Waals surface area contributed by atoms with Crippen molar-refractivity contribution < 1.29 is 0 Å². The topological polar surface area (TPSA) is 68.8 Å². The third-order valence-corrected chi connectivity index (χ3v) is 3.15. The van der Waals surface area contributed by atoms with Crippen molar-refractivity contribution in [2.75, 3.05) is 5.32 Å². The lowest BCUT2D eigenvalue weighted by atomic mass is 10.4. The van der Waals surface area contributed by atoms with Gasteiger partial charge in [-0.3, -0.25) is 4.68 Å². The summed E-state index contributed by atoms with van der Waals surface area (Å²) in [5, 5.41) is 10.5. The van der Waals surface area contributed by atoms with Crippen LogP contribution < -0.4 is 11.1 Å². The number of nitrogens with one attached hydrogen (secondary N) is 1. The first-order valence-electron chi connectivity index (χ1n) is 5.07. The van der Waals surface area contributed by atoms with Crippen LogP contribution in [0.15, 0.2) is 11.4 Å². The summed E-state index contributed by atoms with van der Waals surface area (Å²) in [6, 6.07) is 2.01. The lowest BCUT2D eigenvalue weighted by molar-refractivity contribution is 0.757. The van der Waals surface area contributed by atoms with Crippen molar-refractivity contribution in [2.24, 2.45) is 12.8 Å². The first kappa shape index (κ1) is 11.1. The number of thiazole rings is 1. The molecule has 0 aliphatic heterocycles. The van der Waals surface area contributed by atoms with Crippen molar-refractivity contribution in [3.05, 3.63) is 27.8 Å². The second-order valence-corrected chi connectivity index (χ2v) is 4.53. The fourth-order valence-corrected chi connectivity index (χ4v) is 2.16. The first-order valence-corrected chi connectivity index (χ1v) is 5.95. The Hall–Kier alpha value is -1.40. The number of anilines is 1. The molecule has 0 bridgehead atoms. The molecule has 0 spiro atoms. The Morgan fingerprint density at radius 1 is 1.56 bits per heavy atom. The average Bonchev–Trinajstić information content (AvgIpc) is 2.82. The van der Waals surface area contributed by atoms with Crippen LogP contribution in [0.2, 0.25) is 0 Å². The van der Waals surface area contributed by atoms with Crippen LogP contribution in [0.5, 0.6) is 0 Å². The summed E-state index contributed by atoms with van der Waals surface area (Å²) in [6.07, 6.45) is 0. The molecule has 6 heteroatoms. The molecule has 0 radical (unpaired) electrons. The second-order valence-electron chi connectivity index (χ2n) is 3.58. The highest BCUT2D eigenvalue weighted by atomic mass is 32.1. The minimum absolute atomic E-state index is 0.509. The zero-order valence-corrected chi connectivity index (χ0v) is 10.2. The summed E-state index contributed by atoms with van der Waals surface area (Å²) in [6.45, 7) is 3.19. The lowest BCUT2D eigenvalue weighted by Gasteiger charge is -2.03. The molecule has 0 aliphatic rings. The van der Waals surface area contributed by atoms with Gasteiger partial charge in [-0.1, -0.05) is 0 Å². The normalized spacial score (nSPS) is 10.7. The molecule has 0 unspecified atom stereocenters. The molecular formula is C10H15N5S. The third kappa shape index (κ3) is 2.40. The summed E-state index contributed by atoms with van der Waals surface area (Å²) in [5.74, 6) is 1.000. The summed E-state index contributed by atoms with van der Waals surface area (Å²) in [4.78, 5) is 4.38. The van der Waals surface area contributed by atoms with Crippen LogP contribution >= 0.6 is 11.3 Å². The number of nitrogens with zero attached hydrogens (tertiary/aromatic N) is 3. The Labute approximate surface area is 98.3 Å². The largest absolute Gasteiger partial charge is 0.365 e. The zero-order chi connectivity index (χ0) is 11.5. The van der Waals surface area contributed by atoms with Crippen LogP contribution in [-0.4, -0.2) is 14.8 Å². The van der Waals surface area contributed by atoms with Gasteiger partial charge in [0.1, 0.15) is 10.8 Å². The number of hydrogen-bond donors (Lipinski definition) is 2. The van der Waals surface area contributed by atoms with Crippen LogP contribution in [-0.2, 0) is 20.1 Å². The molecule has 0 aromatic carbocycles. The van der Waals surface area contributed by atoms with E-state index in [1.807, 2.05) is 30.1 Å². The number of hydrogen-bond acceptors (Lipinski definition) is 5. The number of aromatic nitrogens is 3. The van der Waals surface area contributed by atoms with E-state index in [9.17, 15) is 0 Å². The first-order chi connectivity index (χ1) is 7.69. The van der Waals surface area contributed by atoms with E-state index >= 15 is 0 Å². The molecule has 2 aromatic rings. The van der Waals surface area contributed by atoms with Crippen molar-refractivity contribution in [3.8, 4) is 0 Å². The predicted molar refractivity (Wildman–Crippen MR) is 65.3 cm³/mol. The summed E-state index contributed by atoms with van der Waals surface area (Å²) in [7, 11) is 1.92. The van der Waals surface area contributed by atoms with Gasteiger partial charge in [-0.25, -0.2) is 4.98 Å². The number of rotatable bonds is 4. The molecule has 0 saturated carbocycles. The van der Waals surface area contributed by atoms with E-state index in [0.29, 0.717) is 13.1 Å². The van der Waals surface area contributed by atoms with Gasteiger partial charge in [-0.05, 0) is 6.92 Å². The fraction of sp³-hybridized carbons (Fsp3) is 0.400. The standard InChI is InChI=1S/C10H15N5S/c1-7-3-9(15(2)14-7)12-5-8-6-16-10(4-11)13-8/h3,6,12H,4-5,11H2,1-2H3. The van der Waals surface area contributed by atoms with Gasteiger partial charge in [-0.2, -0.15) is 5.10 Å². The van der Waals surface area contributed by atoms with Crippen molar-refractivity contribution >= 4 is 17.2 Å². The molecule has 5 nitrogen and oxygen atoms in total. The molecule has 3 N–H and O–H groups in total. The van der Waals surface area contributed by atoms with Crippen LogP contribution in [0.25, 0.3) is 0 Å². The summed E-state index contributed by atoms with van der Waals surface area (Å²) >= 11 is 1.60. The molecule has 2 rings (SSSR count). The van der Waals surface area contributed by atoms with E-state index in [2.05, 4.69) is 15.4 Å². The molecule has 0 amide bonds. The van der Waals surface area contributed by atoms with E-state index in [4.69, 9.17) is 5.73 Å². The number of nitrogens with two attached hydrogens (primary N) is 1. The van der Waals surface area contributed by atoms with Crippen molar-refractivity contribution in [1.82, 2.24) is 14.8 Å². The monoisotopic (exact) mass is 237 g/mol. The van der Waals surface area contributed by atoms with Gasteiger partial charge in [0.25, 0.3) is 0 Å². The van der Waals surface area contributed by atoms with E-state index in [1.165, 1.54) is 0 Å². The molecule has 16 heavy (non-hydrogen) atoms. The molecular weight excluding hydrogens is 222 g/mol. The smallest absolute Gasteiger partial charge is 0.124 e. The van der Waals surface area contributed by atoms with Crippen LogP contribution in [0.4, 0.5) is 5.82 Å². The van der Waals surface area contributed by atoms with Gasteiger partial charge < -0.3 is 11.1 Å². The number of aryl methyl sites for hydroxylation is 2. The molecule has 0 atom stereocenters. The van der Waals surface area contributed by atoms with Gasteiger partial charge in [-0.15, -0.1) is 11.3 Å². The highest BCUT2D eigenvalue weighted by molar-refractivity contribution is 7.09. The van der Waals surface area contributed by atoms with Gasteiger partial charge >= 0.3 is 0 Å². The second kappa shape index (κ2) is 4.63. The Kier molecular flexibility index (Phi) is 3.21. The Morgan fingerprint density at radius 2 is 2.38 bits per heavy atom. The highest BCUT2D eigenvalue weighted by Gasteiger charge is 2.03. The quantitative estimate of drug-likeness (QED) is 0.840. The van der Waals surface area contributed by atoms with Crippen LogP contribution in [0, 0.1) is 6.92 Å². The Balaban J connectivity index is 1.99. The molecule has 0 saturated heterocycles. The zero-order valence-electron chi connectivity index (χ0n) is 9.40. The van der Waals surface area contributed by atoms with E-state index in [1.54, 1.807) is 11.3 Å². The van der Waals surface area contributed by atoms with Gasteiger partial charge in [0, 0.05) is 25.0 Å². The van der Waals surface area contributed by atoms with E-state index in [-0.39, 0.29) is 0 Å². The predicted octanol–water partition coefficient (Wildman–Crippen LogP) is 1.26. The minimum atomic E-state index is 0.509. The summed E-state index contributed by atoms with van der Waals surface area (Å²) < 4.78 is 1.82. The van der Waals surface area contributed by atoms with Gasteiger partial charge in [0.05, 0.1) is 17.9 Å². The fourth-order valence-electron chi connectivity index (χ4n) is 1.48. The van der Waals surface area contributed by atoms with Gasteiger partial charge in [0.2, 0.25) is 0 Å². The molecule has 86 valence electrons. The average molecular weight is 237 g/mol. The van der Waals surface area contributed by atoms with E-state index < -0.39 is 0 Å². The van der Waals surface area contributed by atoms with Crippen LogP contribution in [0.3, 0.4) is 0 Å². The maximum absolute atomic E-state index is 5.51. The molecule has 2 heterocycles. The maximum Gasteiger partial charge on any atom is 0.124 e. The van der Waals surface area contributed by atoms with Crippen molar-refractivity contribution in [2.45, 2.75) is 20.0 Å². The maximum atomic E-state index is 5.51. The minimum Gasteiger partial charge on any atom is -0.365 e. The van der Waals surface area contributed by atoms with Crippen LogP contribution in [0.1, 0.15) is 16.4 Å². The molecule has 0 aliphatic carbocycles.